The van der Waals surface area contributed by atoms with Gasteiger partial charge in [0, 0.05) is 32.0 Å². The van der Waals surface area contributed by atoms with E-state index in [-0.39, 0.29) is 5.91 Å². The summed E-state index contributed by atoms with van der Waals surface area (Å²) in [5.74, 6) is 2.92. The van der Waals surface area contributed by atoms with E-state index in [0.29, 0.717) is 30.5 Å². The van der Waals surface area contributed by atoms with Gasteiger partial charge in [-0.2, -0.15) is 5.26 Å². The minimum absolute atomic E-state index is 0.272. The van der Waals surface area contributed by atoms with Crippen molar-refractivity contribution in [2.45, 2.75) is 103 Å². The summed E-state index contributed by atoms with van der Waals surface area (Å²) in [7, 11) is 0. The van der Waals surface area contributed by atoms with Crippen LogP contribution in [0.5, 0.6) is 0 Å². The standard InChI is InChI=1S/C28H40N4O/c1-3-21-10-12-22(13-11-21)19-27-30-25-18-23(20-29)14-15-26(25)32(27)17-16-28(33)31(4-2)24-8-6-5-7-9-24/h14-15,18,21-22,24H,3-13,16-17,19H2,1-2H3. The molecule has 1 heterocycles. The monoisotopic (exact) mass is 448 g/mol. The summed E-state index contributed by atoms with van der Waals surface area (Å²) in [4.78, 5) is 20.3. The molecule has 2 saturated carbocycles. The van der Waals surface area contributed by atoms with Crippen LogP contribution in [0.3, 0.4) is 0 Å². The van der Waals surface area contributed by atoms with E-state index in [4.69, 9.17) is 4.98 Å². The normalized spacial score (nSPS) is 21.7. The lowest BCUT2D eigenvalue weighted by atomic mass is 9.79. The highest BCUT2D eigenvalue weighted by molar-refractivity contribution is 5.79. The van der Waals surface area contributed by atoms with E-state index in [1.165, 1.54) is 51.4 Å². The van der Waals surface area contributed by atoms with Crippen molar-refractivity contribution < 1.29 is 4.79 Å². The summed E-state index contributed by atoms with van der Waals surface area (Å²) in [5, 5.41) is 9.34. The van der Waals surface area contributed by atoms with Gasteiger partial charge < -0.3 is 9.47 Å². The number of hydrogen-bond donors (Lipinski definition) is 0. The Labute approximate surface area is 199 Å². The maximum Gasteiger partial charge on any atom is 0.224 e. The van der Waals surface area contributed by atoms with Crippen molar-refractivity contribution in [2.24, 2.45) is 11.8 Å². The minimum Gasteiger partial charge on any atom is -0.340 e. The van der Waals surface area contributed by atoms with E-state index in [2.05, 4.69) is 29.4 Å². The molecule has 2 aromatic rings. The zero-order valence-corrected chi connectivity index (χ0v) is 20.6. The Bertz CT molecular complexity index is 974. The number of hydrogen-bond acceptors (Lipinski definition) is 3. The Morgan fingerprint density at radius 2 is 1.82 bits per heavy atom. The van der Waals surface area contributed by atoms with Crippen LogP contribution in [0.4, 0.5) is 0 Å². The number of nitrogens with zero attached hydrogens (tertiary/aromatic N) is 4. The van der Waals surface area contributed by atoms with Gasteiger partial charge in [-0.3, -0.25) is 4.79 Å². The lowest BCUT2D eigenvalue weighted by Crippen LogP contribution is -2.41. The van der Waals surface area contributed by atoms with Crippen LogP contribution in [0.1, 0.15) is 95.9 Å². The van der Waals surface area contributed by atoms with Crippen LogP contribution >= 0.6 is 0 Å². The highest BCUT2D eigenvalue weighted by Gasteiger charge is 2.26. The number of nitriles is 1. The largest absolute Gasteiger partial charge is 0.340 e. The van der Waals surface area contributed by atoms with Crippen LogP contribution in [0, 0.1) is 23.2 Å². The summed E-state index contributed by atoms with van der Waals surface area (Å²) in [6.07, 6.45) is 14.1. The lowest BCUT2D eigenvalue weighted by molar-refractivity contribution is -0.134. The minimum atomic E-state index is 0.272. The highest BCUT2D eigenvalue weighted by Crippen LogP contribution is 2.33. The van der Waals surface area contributed by atoms with Gasteiger partial charge in [-0.15, -0.1) is 0 Å². The molecule has 0 unspecified atom stereocenters. The zero-order valence-electron chi connectivity index (χ0n) is 20.6. The van der Waals surface area contributed by atoms with Crippen molar-refractivity contribution in [3.8, 4) is 6.07 Å². The maximum atomic E-state index is 13.2. The van der Waals surface area contributed by atoms with E-state index >= 15 is 0 Å². The van der Waals surface area contributed by atoms with E-state index in [1.54, 1.807) is 0 Å². The van der Waals surface area contributed by atoms with Gasteiger partial charge >= 0.3 is 0 Å². The van der Waals surface area contributed by atoms with Crippen molar-refractivity contribution in [3.63, 3.8) is 0 Å². The fraction of sp³-hybridized carbons (Fsp3) is 0.679. The third kappa shape index (κ3) is 5.60. The predicted molar refractivity (Wildman–Crippen MR) is 133 cm³/mol. The molecular formula is C28H40N4O. The molecule has 0 spiro atoms. The molecular weight excluding hydrogens is 408 g/mol. The van der Waals surface area contributed by atoms with Gasteiger partial charge in [0.2, 0.25) is 5.91 Å². The molecule has 0 aliphatic heterocycles. The van der Waals surface area contributed by atoms with E-state index < -0.39 is 0 Å². The molecule has 0 bridgehead atoms. The van der Waals surface area contributed by atoms with E-state index in [9.17, 15) is 10.1 Å². The summed E-state index contributed by atoms with van der Waals surface area (Å²) in [6.45, 7) is 5.89. The molecule has 0 N–H and O–H groups in total. The van der Waals surface area contributed by atoms with Crippen LogP contribution in [0.25, 0.3) is 11.0 Å². The van der Waals surface area contributed by atoms with Gasteiger partial charge in [-0.05, 0) is 62.6 Å². The smallest absolute Gasteiger partial charge is 0.224 e. The van der Waals surface area contributed by atoms with Crippen molar-refractivity contribution in [1.29, 1.82) is 5.26 Å². The van der Waals surface area contributed by atoms with Gasteiger partial charge in [-0.1, -0.05) is 45.4 Å². The quantitative estimate of drug-likeness (QED) is 0.480. The number of rotatable bonds is 8. The molecule has 0 atom stereocenters. The molecule has 1 aromatic carbocycles. The van der Waals surface area contributed by atoms with Crippen LogP contribution in [-0.2, 0) is 17.8 Å². The van der Waals surface area contributed by atoms with Crippen molar-refractivity contribution in [3.05, 3.63) is 29.6 Å². The zero-order chi connectivity index (χ0) is 23.2. The van der Waals surface area contributed by atoms with Crippen LogP contribution in [0.15, 0.2) is 18.2 Å². The summed E-state index contributed by atoms with van der Waals surface area (Å²) < 4.78 is 2.27. The summed E-state index contributed by atoms with van der Waals surface area (Å²) in [5.41, 5.74) is 2.59. The first-order valence-electron chi connectivity index (χ1n) is 13.3. The number of carbonyl (C=O) groups is 1. The fourth-order valence-electron chi connectivity index (χ4n) is 6.14. The highest BCUT2D eigenvalue weighted by atomic mass is 16.2. The molecule has 2 aliphatic rings. The number of fused-ring (bicyclic) bond motifs is 1. The molecule has 33 heavy (non-hydrogen) atoms. The third-order valence-corrected chi connectivity index (χ3v) is 8.20. The second kappa shape index (κ2) is 11.2. The molecule has 5 heteroatoms. The molecule has 178 valence electrons. The Morgan fingerprint density at radius 3 is 2.48 bits per heavy atom. The van der Waals surface area contributed by atoms with Crippen LogP contribution in [-0.4, -0.2) is 32.9 Å². The molecule has 0 radical (unpaired) electrons. The van der Waals surface area contributed by atoms with Gasteiger partial charge in [-0.25, -0.2) is 4.98 Å². The maximum absolute atomic E-state index is 13.2. The van der Waals surface area contributed by atoms with Gasteiger partial charge in [0.15, 0.2) is 0 Å². The fourth-order valence-corrected chi connectivity index (χ4v) is 6.14. The second-order valence-electron chi connectivity index (χ2n) is 10.2. The second-order valence-corrected chi connectivity index (χ2v) is 10.2. The first-order chi connectivity index (χ1) is 16.1. The van der Waals surface area contributed by atoms with E-state index in [1.807, 2.05) is 18.2 Å². The Morgan fingerprint density at radius 1 is 1.09 bits per heavy atom. The molecule has 2 fully saturated rings. The van der Waals surface area contributed by atoms with Crippen molar-refractivity contribution >= 4 is 16.9 Å². The number of aryl methyl sites for hydroxylation is 1. The summed E-state index contributed by atoms with van der Waals surface area (Å²) in [6, 6.07) is 8.44. The average molecular weight is 449 g/mol. The lowest BCUT2D eigenvalue weighted by Gasteiger charge is -2.33. The topological polar surface area (TPSA) is 61.9 Å². The number of carbonyl (C=O) groups excluding carboxylic acids is 1. The number of benzene rings is 1. The summed E-state index contributed by atoms with van der Waals surface area (Å²) >= 11 is 0. The third-order valence-electron chi connectivity index (χ3n) is 8.20. The number of amides is 1. The first-order valence-corrected chi connectivity index (χ1v) is 13.3. The SMILES string of the molecule is CCC1CCC(Cc2nc3cc(C#N)ccc3n2CCC(=O)N(CC)C2CCCCC2)CC1. The molecule has 1 aromatic heterocycles. The Kier molecular flexibility index (Phi) is 8.06. The Hall–Kier alpha value is -2.35. The van der Waals surface area contributed by atoms with Crippen molar-refractivity contribution in [2.75, 3.05) is 6.54 Å². The van der Waals surface area contributed by atoms with Crippen LogP contribution < -0.4 is 0 Å². The van der Waals surface area contributed by atoms with Gasteiger partial charge in [0.1, 0.15) is 5.82 Å². The first kappa shape index (κ1) is 23.8. The molecule has 1 amide bonds. The molecule has 2 aliphatic carbocycles. The number of aromatic nitrogens is 2. The van der Waals surface area contributed by atoms with E-state index in [0.717, 1.165) is 48.6 Å². The molecule has 5 nitrogen and oxygen atoms in total. The van der Waals surface area contributed by atoms with Crippen molar-refractivity contribution in [1.82, 2.24) is 14.5 Å². The molecule has 0 saturated heterocycles. The predicted octanol–water partition coefficient (Wildman–Crippen LogP) is 6.24. The van der Waals surface area contributed by atoms with Gasteiger partial charge in [0.05, 0.1) is 22.7 Å². The average Bonchev–Trinajstić information content (AvgIpc) is 3.20. The van der Waals surface area contributed by atoms with Crippen LogP contribution in [0.2, 0.25) is 0 Å². The Balaban J connectivity index is 1.51. The molecule has 4 rings (SSSR count). The van der Waals surface area contributed by atoms with Gasteiger partial charge in [0.25, 0.3) is 0 Å². The number of imidazole rings is 1.